The quantitative estimate of drug-likeness (QED) is 0.818. The van der Waals surface area contributed by atoms with Crippen LogP contribution in [0.5, 0.6) is 0 Å². The number of nitrogen functional groups attached to an aromatic ring is 1. The Labute approximate surface area is 120 Å². The van der Waals surface area contributed by atoms with Crippen LogP contribution in [-0.2, 0) is 4.74 Å². The number of nitrogens with one attached hydrogen (secondary N) is 1. The average Bonchev–Trinajstić information content (AvgIpc) is 2.76. The lowest BCUT2D eigenvalue weighted by molar-refractivity contribution is 0.0585. The van der Waals surface area contributed by atoms with Crippen LogP contribution < -0.4 is 11.4 Å². The van der Waals surface area contributed by atoms with E-state index in [9.17, 15) is 4.79 Å². The number of methoxy groups -OCH3 is 1. The van der Waals surface area contributed by atoms with Crippen molar-refractivity contribution >= 4 is 28.7 Å². The SMILES string of the molecule is COC1CCC(n2c(=O)[nH]c3c(Cl)nc(N)nc32)CC1. The largest absolute Gasteiger partial charge is 0.381 e. The van der Waals surface area contributed by atoms with Gasteiger partial charge in [-0.15, -0.1) is 0 Å². The molecule has 7 nitrogen and oxygen atoms in total. The standard InChI is InChI=1S/C12H16ClN5O2/c1-20-7-4-2-6(3-5-7)18-10-8(15-12(18)19)9(13)16-11(14)17-10/h6-7H,2-5H2,1H3,(H,15,19)(H2,14,16,17). The van der Waals surface area contributed by atoms with Crippen molar-refractivity contribution < 1.29 is 4.74 Å². The summed E-state index contributed by atoms with van der Waals surface area (Å²) in [5, 5.41) is 0.175. The van der Waals surface area contributed by atoms with Crippen molar-refractivity contribution in [3.05, 3.63) is 15.6 Å². The fourth-order valence-electron chi connectivity index (χ4n) is 2.86. The first kappa shape index (κ1) is 13.4. The van der Waals surface area contributed by atoms with E-state index in [2.05, 4.69) is 15.0 Å². The maximum atomic E-state index is 12.2. The predicted octanol–water partition coefficient (Wildman–Crippen LogP) is 1.49. The minimum atomic E-state index is -0.220. The molecule has 3 N–H and O–H groups in total. The summed E-state index contributed by atoms with van der Waals surface area (Å²) in [6.45, 7) is 0. The van der Waals surface area contributed by atoms with Gasteiger partial charge in [-0.25, -0.2) is 4.79 Å². The maximum Gasteiger partial charge on any atom is 0.328 e. The summed E-state index contributed by atoms with van der Waals surface area (Å²) in [6, 6.07) is 0.0908. The predicted molar refractivity (Wildman–Crippen MR) is 75.9 cm³/mol. The number of halogens is 1. The van der Waals surface area contributed by atoms with Gasteiger partial charge in [0.2, 0.25) is 5.95 Å². The molecule has 2 heterocycles. The van der Waals surface area contributed by atoms with Crippen LogP contribution in [0.3, 0.4) is 0 Å². The maximum absolute atomic E-state index is 12.2. The first-order valence-electron chi connectivity index (χ1n) is 6.56. The molecule has 0 atom stereocenters. The van der Waals surface area contributed by atoms with E-state index < -0.39 is 0 Å². The van der Waals surface area contributed by atoms with E-state index >= 15 is 0 Å². The molecule has 2 aromatic heterocycles. The molecular formula is C12H16ClN5O2. The number of anilines is 1. The third kappa shape index (κ3) is 2.16. The Morgan fingerprint density at radius 2 is 2.05 bits per heavy atom. The summed E-state index contributed by atoms with van der Waals surface area (Å²) in [4.78, 5) is 22.9. The Bertz CT molecular complexity index is 687. The molecule has 0 bridgehead atoms. The van der Waals surface area contributed by atoms with Gasteiger partial charge in [0.25, 0.3) is 0 Å². The zero-order chi connectivity index (χ0) is 14.3. The second-order valence-corrected chi connectivity index (χ2v) is 5.40. The van der Waals surface area contributed by atoms with E-state index in [1.165, 1.54) is 0 Å². The lowest BCUT2D eigenvalue weighted by Crippen LogP contribution is -2.28. The molecule has 2 aromatic rings. The number of hydrogen-bond acceptors (Lipinski definition) is 5. The highest BCUT2D eigenvalue weighted by Crippen LogP contribution is 2.31. The Morgan fingerprint density at radius 1 is 1.35 bits per heavy atom. The minimum Gasteiger partial charge on any atom is -0.381 e. The third-order valence-electron chi connectivity index (χ3n) is 3.88. The number of rotatable bonds is 2. The van der Waals surface area contributed by atoms with Crippen molar-refractivity contribution in [2.45, 2.75) is 37.8 Å². The molecule has 0 aromatic carbocycles. The van der Waals surface area contributed by atoms with E-state index in [-0.39, 0.29) is 28.9 Å². The van der Waals surface area contributed by atoms with Gasteiger partial charge >= 0.3 is 5.69 Å². The number of fused-ring (bicyclic) bond motifs is 1. The van der Waals surface area contributed by atoms with Gasteiger partial charge in [0, 0.05) is 13.2 Å². The second-order valence-electron chi connectivity index (χ2n) is 5.04. The number of nitrogens with two attached hydrogens (primary N) is 1. The molecule has 0 unspecified atom stereocenters. The molecule has 0 aliphatic heterocycles. The molecule has 1 aliphatic carbocycles. The van der Waals surface area contributed by atoms with E-state index in [0.29, 0.717) is 11.2 Å². The van der Waals surface area contributed by atoms with Crippen LogP contribution in [0.4, 0.5) is 5.95 Å². The van der Waals surface area contributed by atoms with Crippen molar-refractivity contribution in [2.24, 2.45) is 0 Å². The Hall–Kier alpha value is -1.60. The van der Waals surface area contributed by atoms with Crippen molar-refractivity contribution in [1.29, 1.82) is 0 Å². The number of H-pyrrole nitrogens is 1. The molecule has 0 amide bonds. The Kier molecular flexibility index (Phi) is 3.39. The highest BCUT2D eigenvalue weighted by atomic mass is 35.5. The molecular weight excluding hydrogens is 282 g/mol. The highest BCUT2D eigenvalue weighted by molar-refractivity contribution is 6.33. The molecule has 20 heavy (non-hydrogen) atoms. The van der Waals surface area contributed by atoms with Gasteiger partial charge in [-0.1, -0.05) is 11.6 Å². The van der Waals surface area contributed by atoms with E-state index in [0.717, 1.165) is 25.7 Å². The highest BCUT2D eigenvalue weighted by Gasteiger charge is 2.26. The lowest BCUT2D eigenvalue weighted by Gasteiger charge is -2.28. The molecule has 0 radical (unpaired) electrons. The van der Waals surface area contributed by atoms with E-state index in [1.54, 1.807) is 11.7 Å². The lowest BCUT2D eigenvalue weighted by atomic mass is 9.93. The number of nitrogens with zero attached hydrogens (tertiary/aromatic N) is 3. The normalized spacial score (nSPS) is 23.3. The third-order valence-corrected chi connectivity index (χ3v) is 4.16. The molecule has 0 saturated heterocycles. The van der Waals surface area contributed by atoms with Crippen molar-refractivity contribution in [3.8, 4) is 0 Å². The molecule has 8 heteroatoms. The summed E-state index contributed by atoms with van der Waals surface area (Å²) in [5.41, 5.74) is 6.32. The molecule has 1 aliphatic rings. The summed E-state index contributed by atoms with van der Waals surface area (Å²) in [5.74, 6) is 0.0702. The number of imidazole rings is 1. The van der Waals surface area contributed by atoms with Crippen LogP contribution in [0.25, 0.3) is 11.2 Å². The van der Waals surface area contributed by atoms with Crippen LogP contribution >= 0.6 is 11.6 Å². The van der Waals surface area contributed by atoms with Gasteiger partial charge in [0.05, 0.1) is 6.10 Å². The summed E-state index contributed by atoms with van der Waals surface area (Å²) in [7, 11) is 1.72. The van der Waals surface area contributed by atoms with Gasteiger partial charge in [-0.3, -0.25) is 4.57 Å². The fourth-order valence-corrected chi connectivity index (χ4v) is 3.08. The number of aromatic amines is 1. The van der Waals surface area contributed by atoms with Gasteiger partial charge in [0.1, 0.15) is 5.52 Å². The van der Waals surface area contributed by atoms with Crippen LogP contribution in [0.15, 0.2) is 4.79 Å². The van der Waals surface area contributed by atoms with Gasteiger partial charge in [-0.2, -0.15) is 9.97 Å². The first-order chi connectivity index (χ1) is 9.60. The summed E-state index contributed by atoms with van der Waals surface area (Å²) < 4.78 is 6.99. The summed E-state index contributed by atoms with van der Waals surface area (Å²) >= 11 is 6.00. The van der Waals surface area contributed by atoms with Crippen molar-refractivity contribution in [1.82, 2.24) is 19.5 Å². The van der Waals surface area contributed by atoms with Crippen LogP contribution in [0, 0.1) is 0 Å². The topological polar surface area (TPSA) is 98.8 Å². The van der Waals surface area contributed by atoms with Crippen LogP contribution in [0.2, 0.25) is 5.15 Å². The zero-order valence-corrected chi connectivity index (χ0v) is 11.9. The van der Waals surface area contributed by atoms with Gasteiger partial charge in [0.15, 0.2) is 10.8 Å². The molecule has 1 saturated carbocycles. The molecule has 1 fully saturated rings. The second kappa shape index (κ2) is 5.06. The average molecular weight is 298 g/mol. The van der Waals surface area contributed by atoms with Crippen LogP contribution in [-0.4, -0.2) is 32.7 Å². The van der Waals surface area contributed by atoms with Crippen molar-refractivity contribution in [3.63, 3.8) is 0 Å². The molecule has 3 rings (SSSR count). The monoisotopic (exact) mass is 297 g/mol. The smallest absolute Gasteiger partial charge is 0.328 e. The van der Waals surface area contributed by atoms with E-state index in [1.807, 2.05) is 0 Å². The molecule has 108 valence electrons. The van der Waals surface area contributed by atoms with Crippen LogP contribution in [0.1, 0.15) is 31.7 Å². The van der Waals surface area contributed by atoms with Gasteiger partial charge in [-0.05, 0) is 25.7 Å². The Morgan fingerprint density at radius 3 is 2.70 bits per heavy atom. The van der Waals surface area contributed by atoms with E-state index in [4.69, 9.17) is 22.1 Å². The Balaban J connectivity index is 2.04. The minimum absolute atomic E-state index is 0.0702. The number of ether oxygens (including phenoxy) is 1. The zero-order valence-electron chi connectivity index (χ0n) is 11.1. The first-order valence-corrected chi connectivity index (χ1v) is 6.94. The molecule has 0 spiro atoms. The summed E-state index contributed by atoms with van der Waals surface area (Å²) in [6.07, 6.45) is 3.86. The fraction of sp³-hybridized carbons (Fsp3) is 0.583. The number of hydrogen-bond donors (Lipinski definition) is 2. The van der Waals surface area contributed by atoms with Crippen molar-refractivity contribution in [2.75, 3.05) is 12.8 Å². The van der Waals surface area contributed by atoms with Gasteiger partial charge < -0.3 is 15.5 Å². The number of aromatic nitrogens is 4.